The van der Waals surface area contributed by atoms with E-state index in [1.165, 1.54) is 18.2 Å². The molecule has 0 aliphatic heterocycles. The van der Waals surface area contributed by atoms with E-state index in [0.717, 1.165) is 12.1 Å². The molecule has 3 aromatic rings. The first-order chi connectivity index (χ1) is 12.4. The second-order valence-corrected chi connectivity index (χ2v) is 5.47. The van der Waals surface area contributed by atoms with Crippen LogP contribution >= 0.6 is 0 Å². The lowest BCUT2D eigenvalue weighted by Crippen LogP contribution is -2.24. The average molecular weight is 350 g/mol. The molecule has 0 atom stereocenters. The molecule has 0 spiro atoms. The van der Waals surface area contributed by atoms with Crippen molar-refractivity contribution in [3.63, 3.8) is 0 Å². The summed E-state index contributed by atoms with van der Waals surface area (Å²) in [6, 6.07) is 11.0. The summed E-state index contributed by atoms with van der Waals surface area (Å²) in [5.74, 6) is -2.57. The number of fused-ring (bicyclic) bond motifs is 1. The molecular weight excluding hydrogens is 338 g/mol. The second kappa shape index (κ2) is 6.61. The Hall–Kier alpha value is -3.79. The third-order valence-corrected chi connectivity index (χ3v) is 3.80. The predicted octanol–water partition coefficient (Wildman–Crippen LogP) is 3.75. The summed E-state index contributed by atoms with van der Waals surface area (Å²) >= 11 is 0. The third kappa shape index (κ3) is 3.08. The maximum absolute atomic E-state index is 14.3. The molecule has 1 amide bonds. The highest BCUT2D eigenvalue weighted by Gasteiger charge is 2.16. The molecule has 3 rings (SSSR count). The number of rotatable bonds is 2. The zero-order valence-corrected chi connectivity index (χ0v) is 13.3. The largest absolute Gasteiger partial charge is 0.370 e. The molecule has 0 aromatic heterocycles. The highest BCUT2D eigenvalue weighted by molar-refractivity contribution is 6.08. The van der Waals surface area contributed by atoms with Crippen LogP contribution in [0.2, 0.25) is 0 Å². The highest BCUT2D eigenvalue weighted by Crippen LogP contribution is 2.39. The number of benzene rings is 3. The standard InChI is InChI=1S/C19H12F2N4O/c1-24-16-7-4-10-2-3-11(18(26)25-19(22)23)8-14(10)17(16)13-6-5-12(20)9-15(13)21/h2-9H,(H4,22,23,25,26). The molecule has 5 nitrogen and oxygen atoms in total. The van der Waals surface area contributed by atoms with Gasteiger partial charge in [-0.3, -0.25) is 4.79 Å². The number of hydrogen-bond acceptors (Lipinski definition) is 1. The Balaban J connectivity index is 2.34. The van der Waals surface area contributed by atoms with Crippen LogP contribution in [-0.4, -0.2) is 11.9 Å². The van der Waals surface area contributed by atoms with Crippen LogP contribution in [0.3, 0.4) is 0 Å². The van der Waals surface area contributed by atoms with Gasteiger partial charge in [0.25, 0.3) is 5.91 Å². The summed E-state index contributed by atoms with van der Waals surface area (Å²) in [6.45, 7) is 7.36. The zero-order chi connectivity index (χ0) is 18.8. The molecular formula is C19H12F2N4O. The van der Waals surface area contributed by atoms with Crippen LogP contribution in [0.1, 0.15) is 10.4 Å². The van der Waals surface area contributed by atoms with E-state index in [9.17, 15) is 13.6 Å². The fraction of sp³-hybridized carbons (Fsp3) is 0. The van der Waals surface area contributed by atoms with E-state index < -0.39 is 17.5 Å². The molecule has 0 heterocycles. The van der Waals surface area contributed by atoms with Crippen LogP contribution < -0.4 is 11.5 Å². The normalized spacial score (nSPS) is 10.3. The minimum Gasteiger partial charge on any atom is -0.370 e. The third-order valence-electron chi connectivity index (χ3n) is 3.80. The molecule has 4 N–H and O–H groups in total. The van der Waals surface area contributed by atoms with Gasteiger partial charge >= 0.3 is 0 Å². The van der Waals surface area contributed by atoms with Gasteiger partial charge < -0.3 is 11.5 Å². The molecule has 26 heavy (non-hydrogen) atoms. The van der Waals surface area contributed by atoms with Crippen molar-refractivity contribution in [3.05, 3.63) is 77.1 Å². The molecule has 0 aliphatic carbocycles. The van der Waals surface area contributed by atoms with Crippen molar-refractivity contribution < 1.29 is 13.6 Å². The Bertz CT molecular complexity index is 1110. The molecule has 0 saturated heterocycles. The SMILES string of the molecule is [C-]#[N+]c1ccc2ccc(C(=O)N=C(N)N)cc2c1-c1ccc(F)cc1F. The maximum Gasteiger partial charge on any atom is 0.280 e. The Kier molecular flexibility index (Phi) is 4.33. The van der Waals surface area contributed by atoms with Crippen molar-refractivity contribution in [2.24, 2.45) is 16.5 Å². The lowest BCUT2D eigenvalue weighted by Gasteiger charge is -2.11. The zero-order valence-electron chi connectivity index (χ0n) is 13.3. The van der Waals surface area contributed by atoms with Crippen LogP contribution in [-0.2, 0) is 0 Å². The minimum atomic E-state index is -0.802. The molecule has 0 unspecified atom stereocenters. The number of guanidine groups is 1. The molecule has 0 bridgehead atoms. The van der Waals surface area contributed by atoms with Crippen molar-refractivity contribution in [1.29, 1.82) is 0 Å². The van der Waals surface area contributed by atoms with E-state index in [2.05, 4.69) is 9.84 Å². The fourth-order valence-corrected chi connectivity index (χ4v) is 2.69. The molecule has 0 aliphatic rings. The Morgan fingerprint density at radius 3 is 2.42 bits per heavy atom. The van der Waals surface area contributed by atoms with Gasteiger partial charge in [0, 0.05) is 17.2 Å². The van der Waals surface area contributed by atoms with Crippen LogP contribution in [0.4, 0.5) is 14.5 Å². The maximum atomic E-state index is 14.3. The Morgan fingerprint density at radius 1 is 1.04 bits per heavy atom. The molecule has 0 radical (unpaired) electrons. The molecule has 0 fully saturated rings. The summed E-state index contributed by atoms with van der Waals surface area (Å²) in [6.07, 6.45) is 0. The van der Waals surface area contributed by atoms with Crippen molar-refractivity contribution in [2.75, 3.05) is 0 Å². The number of halogens is 2. The minimum absolute atomic E-state index is 0.0643. The number of amides is 1. The lowest BCUT2D eigenvalue weighted by atomic mass is 9.94. The molecule has 7 heteroatoms. The quantitative estimate of drug-likeness (QED) is 0.419. The van der Waals surface area contributed by atoms with Crippen molar-refractivity contribution in [2.45, 2.75) is 0 Å². The highest BCUT2D eigenvalue weighted by atomic mass is 19.1. The summed E-state index contributed by atoms with van der Waals surface area (Å²) < 4.78 is 27.6. The van der Waals surface area contributed by atoms with Gasteiger partial charge in [0.2, 0.25) is 0 Å². The smallest absolute Gasteiger partial charge is 0.280 e. The van der Waals surface area contributed by atoms with E-state index in [1.54, 1.807) is 18.2 Å². The van der Waals surface area contributed by atoms with E-state index >= 15 is 0 Å². The Labute approximate surface area is 147 Å². The summed E-state index contributed by atoms with van der Waals surface area (Å²) in [5, 5.41) is 1.14. The van der Waals surface area contributed by atoms with Gasteiger partial charge in [-0.15, -0.1) is 0 Å². The number of carbonyl (C=O) groups is 1. The second-order valence-electron chi connectivity index (χ2n) is 5.47. The van der Waals surface area contributed by atoms with Gasteiger partial charge in [0.05, 0.1) is 6.57 Å². The summed E-state index contributed by atoms with van der Waals surface area (Å²) in [7, 11) is 0. The van der Waals surface area contributed by atoms with Gasteiger partial charge in [-0.25, -0.2) is 13.6 Å². The molecule has 3 aromatic carbocycles. The first kappa shape index (κ1) is 17.0. The van der Waals surface area contributed by atoms with E-state index in [1.807, 2.05) is 0 Å². The van der Waals surface area contributed by atoms with E-state index in [0.29, 0.717) is 10.8 Å². The number of carbonyl (C=O) groups excluding carboxylic acids is 1. The van der Waals surface area contributed by atoms with Crippen LogP contribution in [0.15, 0.2) is 53.5 Å². The first-order valence-electron chi connectivity index (χ1n) is 7.44. The average Bonchev–Trinajstić information content (AvgIpc) is 2.60. The summed E-state index contributed by atoms with van der Waals surface area (Å²) in [4.78, 5) is 19.0. The Morgan fingerprint density at radius 2 is 1.77 bits per heavy atom. The lowest BCUT2D eigenvalue weighted by molar-refractivity contribution is 0.100. The van der Waals surface area contributed by atoms with Crippen LogP contribution in [0.5, 0.6) is 0 Å². The van der Waals surface area contributed by atoms with Gasteiger partial charge in [-0.05, 0) is 40.6 Å². The number of nitrogens with zero attached hydrogens (tertiary/aromatic N) is 2. The van der Waals surface area contributed by atoms with E-state index in [-0.39, 0.29) is 28.3 Å². The van der Waals surface area contributed by atoms with Gasteiger partial charge in [0.15, 0.2) is 11.6 Å². The van der Waals surface area contributed by atoms with E-state index in [4.69, 9.17) is 18.0 Å². The summed E-state index contributed by atoms with van der Waals surface area (Å²) in [5.41, 5.74) is 11.1. The number of hydrogen-bond donors (Lipinski definition) is 2. The van der Waals surface area contributed by atoms with Crippen molar-refractivity contribution >= 4 is 28.3 Å². The monoisotopic (exact) mass is 350 g/mol. The van der Waals surface area contributed by atoms with Crippen LogP contribution in [0.25, 0.3) is 26.7 Å². The number of nitrogens with two attached hydrogens (primary N) is 2. The van der Waals surface area contributed by atoms with Gasteiger partial charge in [0.1, 0.15) is 11.6 Å². The van der Waals surface area contributed by atoms with Gasteiger partial charge in [-0.2, -0.15) is 4.99 Å². The fourth-order valence-electron chi connectivity index (χ4n) is 2.69. The first-order valence-corrected chi connectivity index (χ1v) is 7.44. The van der Waals surface area contributed by atoms with Gasteiger partial charge in [-0.1, -0.05) is 18.2 Å². The molecule has 128 valence electrons. The topological polar surface area (TPSA) is 85.8 Å². The number of aliphatic imine (C=N–C) groups is 1. The predicted molar refractivity (Wildman–Crippen MR) is 95.7 cm³/mol. The van der Waals surface area contributed by atoms with Crippen molar-refractivity contribution in [3.8, 4) is 11.1 Å². The molecule has 0 saturated carbocycles. The van der Waals surface area contributed by atoms with Crippen molar-refractivity contribution in [1.82, 2.24) is 0 Å². The van der Waals surface area contributed by atoms with Crippen LogP contribution in [0, 0.1) is 18.2 Å².